The SMILES string of the molecule is CC(CN1C(=O)[C@@H]2CCCN2C(=O)C12CCN(CCc1ccccc1)CC2)(c1ccccc1)c1ccccc1. The molecule has 3 aromatic carbocycles. The fraction of sp³-hybridized carbons (Fsp3) is 0.412. The van der Waals surface area contributed by atoms with E-state index in [9.17, 15) is 9.59 Å². The molecular weight excluding hydrogens is 482 g/mol. The number of nitrogens with zero attached hydrogens (tertiary/aromatic N) is 3. The number of fused-ring (bicyclic) bond motifs is 1. The van der Waals surface area contributed by atoms with E-state index in [-0.39, 0.29) is 17.9 Å². The summed E-state index contributed by atoms with van der Waals surface area (Å²) in [6.45, 7) is 6.07. The van der Waals surface area contributed by atoms with Gasteiger partial charge in [-0.1, -0.05) is 91.0 Å². The number of rotatable bonds is 7. The van der Waals surface area contributed by atoms with Gasteiger partial charge in [-0.05, 0) is 55.7 Å². The number of piperidine rings is 1. The minimum absolute atomic E-state index is 0.142. The molecule has 39 heavy (non-hydrogen) atoms. The molecule has 1 atom stereocenters. The topological polar surface area (TPSA) is 43.9 Å². The van der Waals surface area contributed by atoms with Crippen molar-refractivity contribution in [2.45, 2.75) is 56.0 Å². The molecule has 0 unspecified atom stereocenters. The van der Waals surface area contributed by atoms with Crippen LogP contribution >= 0.6 is 0 Å². The van der Waals surface area contributed by atoms with Crippen LogP contribution in [0.5, 0.6) is 0 Å². The van der Waals surface area contributed by atoms with Crippen LogP contribution in [0.1, 0.15) is 49.3 Å². The van der Waals surface area contributed by atoms with E-state index in [0.717, 1.165) is 38.9 Å². The average molecular weight is 522 g/mol. The lowest BCUT2D eigenvalue weighted by Gasteiger charge is -2.55. The highest BCUT2D eigenvalue weighted by Gasteiger charge is 2.59. The summed E-state index contributed by atoms with van der Waals surface area (Å²) in [5.74, 6) is 0.318. The van der Waals surface area contributed by atoms with Gasteiger partial charge in [0.15, 0.2) is 0 Å². The van der Waals surface area contributed by atoms with Crippen LogP contribution in [-0.2, 0) is 21.4 Å². The van der Waals surface area contributed by atoms with Crippen LogP contribution in [0.2, 0.25) is 0 Å². The van der Waals surface area contributed by atoms with Crippen molar-refractivity contribution in [1.29, 1.82) is 0 Å². The standard InChI is InChI=1S/C34H39N3O2/c1-33(28-14-7-3-8-15-28,29-16-9-4-10-17-29)26-37-31(38)30-18-11-22-36(30)32(39)34(37)20-24-35(25-21-34)23-19-27-12-5-2-6-13-27/h2-10,12-17,30H,11,18-26H2,1H3/t30-/m0/s1. The Balaban J connectivity index is 1.31. The van der Waals surface area contributed by atoms with Gasteiger partial charge in [0.1, 0.15) is 11.6 Å². The molecule has 1 spiro atoms. The van der Waals surface area contributed by atoms with Gasteiger partial charge in [0.2, 0.25) is 11.8 Å². The van der Waals surface area contributed by atoms with Crippen molar-refractivity contribution in [1.82, 2.24) is 14.7 Å². The Labute approximate surface area is 232 Å². The summed E-state index contributed by atoms with van der Waals surface area (Å²) in [6, 6.07) is 31.3. The Morgan fingerprint density at radius 2 is 1.36 bits per heavy atom. The largest absolute Gasteiger partial charge is 0.329 e. The number of amides is 2. The molecule has 2 amide bonds. The molecule has 3 saturated heterocycles. The quantitative estimate of drug-likeness (QED) is 0.444. The van der Waals surface area contributed by atoms with Crippen molar-refractivity contribution in [3.8, 4) is 0 Å². The van der Waals surface area contributed by atoms with Crippen molar-refractivity contribution < 1.29 is 9.59 Å². The van der Waals surface area contributed by atoms with E-state index in [4.69, 9.17) is 0 Å². The normalized spacial score (nSPS) is 21.4. The van der Waals surface area contributed by atoms with Gasteiger partial charge in [-0.25, -0.2) is 0 Å². The molecular formula is C34H39N3O2. The molecule has 3 heterocycles. The second-order valence-corrected chi connectivity index (χ2v) is 11.8. The van der Waals surface area contributed by atoms with Gasteiger partial charge < -0.3 is 14.7 Å². The number of benzene rings is 3. The first-order valence-electron chi connectivity index (χ1n) is 14.5. The molecule has 0 saturated carbocycles. The summed E-state index contributed by atoms with van der Waals surface area (Å²) in [7, 11) is 0. The molecule has 6 rings (SSSR count). The lowest BCUT2D eigenvalue weighted by molar-refractivity contribution is -0.173. The van der Waals surface area contributed by atoms with Gasteiger partial charge in [-0.2, -0.15) is 0 Å². The second kappa shape index (κ2) is 10.6. The van der Waals surface area contributed by atoms with Crippen LogP contribution in [0.25, 0.3) is 0 Å². The third-order valence-electron chi connectivity index (χ3n) is 9.52. The zero-order valence-corrected chi connectivity index (χ0v) is 23.0. The lowest BCUT2D eigenvalue weighted by Crippen LogP contribution is -2.73. The molecule has 3 aliphatic heterocycles. The highest BCUT2D eigenvalue weighted by atomic mass is 16.2. The molecule has 0 aliphatic carbocycles. The molecule has 0 aromatic heterocycles. The number of carbonyl (C=O) groups is 2. The van der Waals surface area contributed by atoms with E-state index in [1.54, 1.807) is 0 Å². The van der Waals surface area contributed by atoms with E-state index in [2.05, 4.69) is 90.7 Å². The Hall–Kier alpha value is -3.44. The zero-order chi connectivity index (χ0) is 26.9. The summed E-state index contributed by atoms with van der Waals surface area (Å²) >= 11 is 0. The van der Waals surface area contributed by atoms with E-state index >= 15 is 0 Å². The van der Waals surface area contributed by atoms with E-state index in [0.29, 0.717) is 25.9 Å². The number of hydrogen-bond acceptors (Lipinski definition) is 3. The number of likely N-dealkylation sites (tertiary alicyclic amines) is 1. The molecule has 0 bridgehead atoms. The van der Waals surface area contributed by atoms with E-state index in [1.807, 2.05) is 21.9 Å². The highest BCUT2D eigenvalue weighted by Crippen LogP contribution is 2.43. The monoisotopic (exact) mass is 521 g/mol. The predicted octanol–water partition coefficient (Wildman–Crippen LogP) is 4.90. The smallest absolute Gasteiger partial charge is 0.249 e. The minimum atomic E-state index is -0.772. The number of carbonyl (C=O) groups excluding carboxylic acids is 2. The predicted molar refractivity (Wildman–Crippen MR) is 154 cm³/mol. The second-order valence-electron chi connectivity index (χ2n) is 11.8. The van der Waals surface area contributed by atoms with Crippen molar-refractivity contribution in [3.63, 3.8) is 0 Å². The Kier molecular flexibility index (Phi) is 7.03. The molecule has 3 aliphatic rings. The first-order valence-corrected chi connectivity index (χ1v) is 14.5. The zero-order valence-electron chi connectivity index (χ0n) is 23.0. The Morgan fingerprint density at radius 3 is 1.95 bits per heavy atom. The first-order chi connectivity index (χ1) is 19.0. The van der Waals surface area contributed by atoms with Crippen LogP contribution < -0.4 is 0 Å². The first kappa shape index (κ1) is 25.8. The maximum Gasteiger partial charge on any atom is 0.249 e. The van der Waals surface area contributed by atoms with Crippen LogP contribution in [0.4, 0.5) is 0 Å². The van der Waals surface area contributed by atoms with Gasteiger partial charge in [-0.3, -0.25) is 9.59 Å². The summed E-state index contributed by atoms with van der Waals surface area (Å²) in [5, 5.41) is 0. The minimum Gasteiger partial charge on any atom is -0.329 e. The molecule has 5 heteroatoms. The third-order valence-corrected chi connectivity index (χ3v) is 9.52. The van der Waals surface area contributed by atoms with Gasteiger partial charge in [-0.15, -0.1) is 0 Å². The van der Waals surface area contributed by atoms with Crippen molar-refractivity contribution in [3.05, 3.63) is 108 Å². The van der Waals surface area contributed by atoms with Crippen molar-refractivity contribution in [2.75, 3.05) is 32.7 Å². The summed E-state index contributed by atoms with van der Waals surface area (Å²) < 4.78 is 0. The lowest BCUT2D eigenvalue weighted by atomic mass is 9.73. The van der Waals surface area contributed by atoms with Gasteiger partial charge in [0.05, 0.1) is 0 Å². The van der Waals surface area contributed by atoms with Gasteiger partial charge in [0, 0.05) is 38.1 Å². The molecule has 3 aromatic rings. The highest BCUT2D eigenvalue weighted by molar-refractivity contribution is 6.00. The van der Waals surface area contributed by atoms with Crippen LogP contribution in [0.15, 0.2) is 91.0 Å². The number of piperazine rings is 1. The van der Waals surface area contributed by atoms with Crippen LogP contribution in [0, 0.1) is 0 Å². The Bertz CT molecular complexity index is 1250. The molecule has 0 N–H and O–H groups in total. The fourth-order valence-electron chi connectivity index (χ4n) is 7.11. The summed E-state index contributed by atoms with van der Waals surface area (Å²) in [6.07, 6.45) is 4.06. The maximum atomic E-state index is 14.3. The van der Waals surface area contributed by atoms with Crippen molar-refractivity contribution in [2.24, 2.45) is 0 Å². The molecule has 3 fully saturated rings. The fourth-order valence-corrected chi connectivity index (χ4v) is 7.11. The summed E-state index contributed by atoms with van der Waals surface area (Å²) in [5.41, 5.74) is 2.47. The Morgan fingerprint density at radius 1 is 0.795 bits per heavy atom. The third kappa shape index (κ3) is 4.67. The average Bonchev–Trinajstić information content (AvgIpc) is 3.50. The summed E-state index contributed by atoms with van der Waals surface area (Å²) in [4.78, 5) is 35.0. The molecule has 0 radical (unpaired) electrons. The van der Waals surface area contributed by atoms with E-state index in [1.165, 1.54) is 16.7 Å². The van der Waals surface area contributed by atoms with Gasteiger partial charge >= 0.3 is 0 Å². The van der Waals surface area contributed by atoms with Gasteiger partial charge in [0.25, 0.3) is 0 Å². The van der Waals surface area contributed by atoms with E-state index < -0.39 is 11.0 Å². The van der Waals surface area contributed by atoms with Crippen molar-refractivity contribution >= 4 is 11.8 Å². The van der Waals surface area contributed by atoms with Crippen LogP contribution in [0.3, 0.4) is 0 Å². The maximum absolute atomic E-state index is 14.3. The molecule has 202 valence electrons. The van der Waals surface area contributed by atoms with Crippen LogP contribution in [-0.4, -0.2) is 70.8 Å². The number of hydrogen-bond donors (Lipinski definition) is 0. The molecule has 5 nitrogen and oxygen atoms in total.